The third kappa shape index (κ3) is 3.91. The lowest BCUT2D eigenvalue weighted by Gasteiger charge is -2.04. The van der Waals surface area contributed by atoms with Gasteiger partial charge in [0.2, 0.25) is 5.95 Å². The Kier molecular flexibility index (Phi) is 4.19. The second-order valence-corrected chi connectivity index (χ2v) is 2.79. The van der Waals surface area contributed by atoms with Crippen LogP contribution in [0.4, 0.5) is 9.18 Å². The lowest BCUT2D eigenvalue weighted by molar-refractivity contribution is 0.0936. The van der Waals surface area contributed by atoms with Crippen LogP contribution in [0.15, 0.2) is 18.3 Å². The topological polar surface area (TPSA) is 94.3 Å². The molecule has 86 valence electrons. The number of carbonyl (C=O) groups excluding carboxylic acids is 2. The average molecular weight is 227 g/mol. The Labute approximate surface area is 90.6 Å². The third-order valence-corrected chi connectivity index (χ3v) is 1.62. The molecule has 0 aromatic carbocycles. The van der Waals surface area contributed by atoms with Crippen LogP contribution in [0.2, 0.25) is 0 Å². The van der Waals surface area contributed by atoms with E-state index in [9.17, 15) is 14.0 Å². The van der Waals surface area contributed by atoms with Crippen molar-refractivity contribution in [2.24, 2.45) is 5.73 Å². The van der Waals surface area contributed by atoms with Gasteiger partial charge in [-0.1, -0.05) is 0 Å². The SMILES string of the molecule is NC(=O)OCCNC(=O)c1ccc(F)nc1. The molecular formula is C9H10FN3O3. The number of carbonyl (C=O) groups is 2. The number of aromatic nitrogens is 1. The number of primary amides is 1. The minimum absolute atomic E-state index is 0.0182. The molecule has 1 rings (SSSR count). The molecule has 0 radical (unpaired) electrons. The third-order valence-electron chi connectivity index (χ3n) is 1.62. The van der Waals surface area contributed by atoms with E-state index < -0.39 is 17.9 Å². The number of halogens is 1. The van der Waals surface area contributed by atoms with Gasteiger partial charge in [-0.25, -0.2) is 9.78 Å². The first-order valence-corrected chi connectivity index (χ1v) is 4.41. The number of ether oxygens (including phenoxy) is 1. The van der Waals surface area contributed by atoms with Crippen LogP contribution in [0.25, 0.3) is 0 Å². The summed E-state index contributed by atoms with van der Waals surface area (Å²) in [4.78, 5) is 24.9. The molecule has 3 N–H and O–H groups in total. The van der Waals surface area contributed by atoms with Crippen molar-refractivity contribution in [3.05, 3.63) is 29.8 Å². The first-order chi connectivity index (χ1) is 7.59. The number of amides is 2. The first-order valence-electron chi connectivity index (χ1n) is 4.41. The van der Waals surface area contributed by atoms with Crippen molar-refractivity contribution in [1.29, 1.82) is 0 Å². The maximum Gasteiger partial charge on any atom is 0.404 e. The minimum Gasteiger partial charge on any atom is -0.448 e. The van der Waals surface area contributed by atoms with Crippen LogP contribution in [0.5, 0.6) is 0 Å². The van der Waals surface area contributed by atoms with Gasteiger partial charge in [0, 0.05) is 6.20 Å². The van der Waals surface area contributed by atoms with Crippen LogP contribution in [0, 0.1) is 5.95 Å². The van der Waals surface area contributed by atoms with Crippen LogP contribution in [-0.2, 0) is 4.74 Å². The Balaban J connectivity index is 2.35. The largest absolute Gasteiger partial charge is 0.448 e. The molecule has 2 amide bonds. The summed E-state index contributed by atoms with van der Waals surface area (Å²) in [5.74, 6) is -1.09. The van der Waals surface area contributed by atoms with Crippen LogP contribution in [0.3, 0.4) is 0 Å². The molecule has 0 unspecified atom stereocenters. The highest BCUT2D eigenvalue weighted by atomic mass is 19.1. The fourth-order valence-electron chi connectivity index (χ4n) is 0.928. The molecule has 0 aliphatic carbocycles. The second kappa shape index (κ2) is 5.64. The Hall–Kier alpha value is -2.18. The van der Waals surface area contributed by atoms with Gasteiger partial charge in [0.25, 0.3) is 5.91 Å². The number of nitrogens with two attached hydrogens (primary N) is 1. The Morgan fingerprint density at radius 1 is 1.50 bits per heavy atom. The molecule has 0 saturated carbocycles. The van der Waals surface area contributed by atoms with Crippen LogP contribution >= 0.6 is 0 Å². The fraction of sp³-hybridized carbons (Fsp3) is 0.222. The zero-order valence-electron chi connectivity index (χ0n) is 8.27. The van der Waals surface area contributed by atoms with Gasteiger partial charge in [-0.3, -0.25) is 4.79 Å². The number of rotatable bonds is 4. The summed E-state index contributed by atoms with van der Waals surface area (Å²) >= 11 is 0. The zero-order valence-corrected chi connectivity index (χ0v) is 8.27. The van der Waals surface area contributed by atoms with Crippen molar-refractivity contribution in [2.75, 3.05) is 13.2 Å². The lowest BCUT2D eigenvalue weighted by atomic mass is 10.3. The second-order valence-electron chi connectivity index (χ2n) is 2.79. The molecule has 0 atom stereocenters. The average Bonchev–Trinajstić information content (AvgIpc) is 2.25. The Morgan fingerprint density at radius 2 is 2.25 bits per heavy atom. The zero-order chi connectivity index (χ0) is 12.0. The van der Waals surface area contributed by atoms with Gasteiger partial charge in [-0.05, 0) is 12.1 Å². The molecule has 1 heterocycles. The standard InChI is InChI=1S/C9H10FN3O3/c10-7-2-1-6(5-13-7)8(14)12-3-4-16-9(11)15/h1-2,5H,3-4H2,(H2,11,15)(H,12,14). The molecule has 1 aromatic rings. The van der Waals surface area contributed by atoms with Gasteiger partial charge in [-0.15, -0.1) is 0 Å². The van der Waals surface area contributed by atoms with E-state index in [0.717, 1.165) is 12.3 Å². The number of nitrogens with zero attached hydrogens (tertiary/aromatic N) is 1. The van der Waals surface area contributed by atoms with E-state index in [2.05, 4.69) is 15.0 Å². The van der Waals surface area contributed by atoms with Crippen LogP contribution < -0.4 is 11.1 Å². The molecule has 0 fully saturated rings. The molecule has 0 saturated heterocycles. The quantitative estimate of drug-likeness (QED) is 0.561. The van der Waals surface area contributed by atoms with E-state index in [-0.39, 0.29) is 18.7 Å². The van der Waals surface area contributed by atoms with E-state index in [0.29, 0.717) is 0 Å². The highest BCUT2D eigenvalue weighted by Gasteiger charge is 2.05. The summed E-state index contributed by atoms with van der Waals surface area (Å²) < 4.78 is 16.8. The highest BCUT2D eigenvalue weighted by Crippen LogP contribution is 1.98. The predicted molar refractivity (Wildman–Crippen MR) is 52.1 cm³/mol. The minimum atomic E-state index is -0.905. The van der Waals surface area contributed by atoms with Crippen molar-refractivity contribution in [1.82, 2.24) is 10.3 Å². The first kappa shape index (κ1) is 11.9. The van der Waals surface area contributed by atoms with E-state index in [1.54, 1.807) is 0 Å². The summed E-state index contributed by atoms with van der Waals surface area (Å²) in [7, 11) is 0. The van der Waals surface area contributed by atoms with E-state index in [1.165, 1.54) is 6.07 Å². The molecule has 0 aliphatic heterocycles. The fourth-order valence-corrected chi connectivity index (χ4v) is 0.928. The van der Waals surface area contributed by atoms with Crippen LogP contribution in [-0.4, -0.2) is 30.1 Å². The van der Waals surface area contributed by atoms with Gasteiger partial charge < -0.3 is 15.8 Å². The maximum absolute atomic E-state index is 12.4. The summed E-state index contributed by atoms with van der Waals surface area (Å²) in [5.41, 5.74) is 4.93. The Morgan fingerprint density at radius 3 is 2.81 bits per heavy atom. The number of hydrogen-bond donors (Lipinski definition) is 2. The summed E-state index contributed by atoms with van der Waals surface area (Å²) in [5, 5.41) is 2.44. The predicted octanol–water partition coefficient (Wildman–Crippen LogP) is 0.0458. The van der Waals surface area contributed by atoms with Gasteiger partial charge in [0.1, 0.15) is 6.61 Å². The molecule has 0 bridgehead atoms. The van der Waals surface area contributed by atoms with Crippen molar-refractivity contribution < 1.29 is 18.7 Å². The number of nitrogens with one attached hydrogen (secondary N) is 1. The van der Waals surface area contributed by atoms with E-state index in [1.807, 2.05) is 0 Å². The van der Waals surface area contributed by atoms with Gasteiger partial charge in [0.15, 0.2) is 0 Å². The van der Waals surface area contributed by atoms with Crippen molar-refractivity contribution >= 4 is 12.0 Å². The van der Waals surface area contributed by atoms with Crippen molar-refractivity contribution in [2.45, 2.75) is 0 Å². The van der Waals surface area contributed by atoms with E-state index in [4.69, 9.17) is 5.73 Å². The molecule has 0 aliphatic rings. The van der Waals surface area contributed by atoms with Crippen LogP contribution in [0.1, 0.15) is 10.4 Å². The molecule has 1 aromatic heterocycles. The smallest absolute Gasteiger partial charge is 0.404 e. The molecule has 6 nitrogen and oxygen atoms in total. The number of hydrogen-bond acceptors (Lipinski definition) is 4. The Bertz CT molecular complexity index is 380. The molecule has 0 spiro atoms. The molecule has 7 heteroatoms. The highest BCUT2D eigenvalue weighted by molar-refractivity contribution is 5.93. The van der Waals surface area contributed by atoms with Gasteiger partial charge in [0.05, 0.1) is 12.1 Å². The monoisotopic (exact) mass is 227 g/mol. The lowest BCUT2D eigenvalue weighted by Crippen LogP contribution is -2.29. The summed E-state index contributed by atoms with van der Waals surface area (Å²) in [6.45, 7) is 0.106. The van der Waals surface area contributed by atoms with Gasteiger partial charge in [-0.2, -0.15) is 4.39 Å². The number of pyridine rings is 1. The normalized spacial score (nSPS) is 9.56. The van der Waals surface area contributed by atoms with Gasteiger partial charge >= 0.3 is 6.09 Å². The summed E-state index contributed by atoms with van der Waals surface area (Å²) in [6, 6.07) is 2.38. The maximum atomic E-state index is 12.4. The van der Waals surface area contributed by atoms with Crippen molar-refractivity contribution in [3.8, 4) is 0 Å². The summed E-state index contributed by atoms with van der Waals surface area (Å²) in [6.07, 6.45) is 0.206. The molecule has 16 heavy (non-hydrogen) atoms. The van der Waals surface area contributed by atoms with E-state index >= 15 is 0 Å². The van der Waals surface area contributed by atoms with Crippen molar-refractivity contribution in [3.63, 3.8) is 0 Å². The molecular weight excluding hydrogens is 217 g/mol.